The molecule has 1 heterocycles. The quantitative estimate of drug-likeness (QED) is 0.848. The number of anilines is 1. The van der Waals surface area contributed by atoms with Gasteiger partial charge in [0.05, 0.1) is 12.3 Å². The number of hydrogen-bond acceptors (Lipinski definition) is 3. The first-order valence-electron chi connectivity index (χ1n) is 6.13. The number of hydrogen-bond donors (Lipinski definition) is 1. The Kier molecular flexibility index (Phi) is 4.17. The van der Waals surface area contributed by atoms with Gasteiger partial charge in [0.2, 0.25) is 0 Å². The molecule has 0 spiro atoms. The molecule has 88 valence electrons. The summed E-state index contributed by atoms with van der Waals surface area (Å²) < 4.78 is 5.70. The summed E-state index contributed by atoms with van der Waals surface area (Å²) in [5.41, 5.74) is 7.36. The first-order valence-corrected chi connectivity index (χ1v) is 6.13. The molecule has 1 aromatic heterocycles. The van der Waals surface area contributed by atoms with E-state index >= 15 is 0 Å². The van der Waals surface area contributed by atoms with Crippen molar-refractivity contribution in [2.75, 3.05) is 12.3 Å². The molecule has 0 aliphatic heterocycles. The van der Waals surface area contributed by atoms with Crippen LogP contribution in [-0.2, 0) is 11.3 Å². The average Bonchev–Trinajstić information content (AvgIpc) is 2.30. The van der Waals surface area contributed by atoms with E-state index in [1.807, 2.05) is 6.07 Å². The van der Waals surface area contributed by atoms with Crippen molar-refractivity contribution in [3.63, 3.8) is 0 Å². The number of nitrogens with two attached hydrogens (primary N) is 1. The second kappa shape index (κ2) is 5.85. The molecular formula is C13H20N2O. The van der Waals surface area contributed by atoms with Gasteiger partial charge < -0.3 is 10.5 Å². The zero-order valence-corrected chi connectivity index (χ0v) is 9.69. The Morgan fingerprint density at radius 1 is 1.31 bits per heavy atom. The predicted molar refractivity (Wildman–Crippen MR) is 64.9 cm³/mol. The molecule has 0 radical (unpaired) electrons. The van der Waals surface area contributed by atoms with E-state index in [9.17, 15) is 0 Å². The highest BCUT2D eigenvalue weighted by Crippen LogP contribution is 2.23. The Labute approximate surface area is 97.0 Å². The van der Waals surface area contributed by atoms with Crippen molar-refractivity contribution in [1.29, 1.82) is 0 Å². The topological polar surface area (TPSA) is 48.1 Å². The minimum absolute atomic E-state index is 0.585. The number of pyridine rings is 1. The van der Waals surface area contributed by atoms with Crippen molar-refractivity contribution in [3.8, 4) is 0 Å². The first kappa shape index (κ1) is 11.4. The highest BCUT2D eigenvalue weighted by molar-refractivity contribution is 5.36. The van der Waals surface area contributed by atoms with Gasteiger partial charge in [-0.2, -0.15) is 0 Å². The van der Waals surface area contributed by atoms with E-state index < -0.39 is 0 Å². The van der Waals surface area contributed by atoms with Crippen LogP contribution in [0.2, 0.25) is 0 Å². The minimum Gasteiger partial charge on any atom is -0.399 e. The monoisotopic (exact) mass is 220 g/mol. The van der Waals surface area contributed by atoms with Crippen molar-refractivity contribution in [3.05, 3.63) is 24.0 Å². The van der Waals surface area contributed by atoms with Crippen LogP contribution in [0.1, 0.15) is 37.8 Å². The van der Waals surface area contributed by atoms with Gasteiger partial charge in [0.15, 0.2) is 0 Å². The standard InChI is InChI=1S/C13H20N2O/c14-12-6-7-15-13(8-12)10-16-9-11-4-2-1-3-5-11/h6-8,11H,1-5,9-10H2,(H2,14,15). The second-order valence-corrected chi connectivity index (χ2v) is 4.60. The van der Waals surface area contributed by atoms with Crippen LogP contribution in [0.5, 0.6) is 0 Å². The molecule has 0 bridgehead atoms. The van der Waals surface area contributed by atoms with Crippen molar-refractivity contribution in [1.82, 2.24) is 4.98 Å². The lowest BCUT2D eigenvalue weighted by Gasteiger charge is -2.21. The van der Waals surface area contributed by atoms with Crippen molar-refractivity contribution in [2.24, 2.45) is 5.92 Å². The van der Waals surface area contributed by atoms with Gasteiger partial charge in [-0.1, -0.05) is 19.3 Å². The summed E-state index contributed by atoms with van der Waals surface area (Å²) in [6.45, 7) is 1.46. The molecule has 0 unspecified atom stereocenters. The van der Waals surface area contributed by atoms with Crippen LogP contribution in [0.25, 0.3) is 0 Å². The number of nitrogen functional groups attached to an aromatic ring is 1. The zero-order valence-electron chi connectivity index (χ0n) is 9.69. The molecule has 0 saturated heterocycles. The van der Waals surface area contributed by atoms with Gasteiger partial charge in [-0.15, -0.1) is 0 Å². The third-order valence-corrected chi connectivity index (χ3v) is 3.17. The van der Waals surface area contributed by atoms with Crippen LogP contribution in [-0.4, -0.2) is 11.6 Å². The first-order chi connectivity index (χ1) is 7.84. The SMILES string of the molecule is Nc1ccnc(COCC2CCCCC2)c1. The van der Waals surface area contributed by atoms with Crippen LogP contribution < -0.4 is 5.73 Å². The van der Waals surface area contributed by atoms with E-state index in [1.165, 1.54) is 32.1 Å². The van der Waals surface area contributed by atoms with Crippen molar-refractivity contribution < 1.29 is 4.74 Å². The van der Waals surface area contributed by atoms with E-state index in [-0.39, 0.29) is 0 Å². The lowest BCUT2D eigenvalue weighted by atomic mass is 9.90. The molecule has 0 aromatic carbocycles. The van der Waals surface area contributed by atoms with Gasteiger partial charge in [-0.25, -0.2) is 0 Å². The minimum atomic E-state index is 0.585. The fourth-order valence-electron chi connectivity index (χ4n) is 2.26. The Morgan fingerprint density at radius 2 is 2.12 bits per heavy atom. The van der Waals surface area contributed by atoms with Gasteiger partial charge >= 0.3 is 0 Å². The molecule has 0 atom stereocenters. The maximum absolute atomic E-state index is 5.70. The number of rotatable bonds is 4. The van der Waals surface area contributed by atoms with E-state index in [2.05, 4.69) is 4.98 Å². The molecule has 16 heavy (non-hydrogen) atoms. The summed E-state index contributed by atoms with van der Waals surface area (Å²) in [5.74, 6) is 0.759. The largest absolute Gasteiger partial charge is 0.399 e. The molecule has 0 amide bonds. The third kappa shape index (κ3) is 3.49. The summed E-state index contributed by atoms with van der Waals surface area (Å²) in [4.78, 5) is 4.22. The summed E-state index contributed by atoms with van der Waals surface area (Å²) in [6, 6.07) is 3.67. The normalized spacial score (nSPS) is 17.5. The van der Waals surface area contributed by atoms with E-state index in [4.69, 9.17) is 10.5 Å². The molecule has 1 aromatic rings. The van der Waals surface area contributed by atoms with E-state index in [0.717, 1.165) is 23.9 Å². The fourth-order valence-corrected chi connectivity index (χ4v) is 2.26. The number of nitrogens with zero attached hydrogens (tertiary/aromatic N) is 1. The smallest absolute Gasteiger partial charge is 0.0888 e. The fraction of sp³-hybridized carbons (Fsp3) is 0.615. The molecule has 1 aliphatic carbocycles. The van der Waals surface area contributed by atoms with Crippen molar-refractivity contribution >= 4 is 5.69 Å². The summed E-state index contributed by atoms with van der Waals surface area (Å²) in [6.07, 6.45) is 8.51. The molecule has 2 rings (SSSR count). The van der Waals surface area contributed by atoms with Crippen LogP contribution in [0.15, 0.2) is 18.3 Å². The van der Waals surface area contributed by atoms with Crippen LogP contribution in [0, 0.1) is 5.92 Å². The number of ether oxygens (including phenoxy) is 1. The molecule has 1 fully saturated rings. The van der Waals surface area contributed by atoms with Gasteiger partial charge in [-0.3, -0.25) is 4.98 Å². The maximum atomic E-state index is 5.70. The predicted octanol–water partition coefficient (Wildman–Crippen LogP) is 2.76. The van der Waals surface area contributed by atoms with Gasteiger partial charge in [0.25, 0.3) is 0 Å². The van der Waals surface area contributed by atoms with E-state index in [1.54, 1.807) is 12.3 Å². The Hall–Kier alpha value is -1.09. The molecular weight excluding hydrogens is 200 g/mol. The van der Waals surface area contributed by atoms with Gasteiger partial charge in [0.1, 0.15) is 0 Å². The maximum Gasteiger partial charge on any atom is 0.0888 e. The van der Waals surface area contributed by atoms with Crippen molar-refractivity contribution in [2.45, 2.75) is 38.7 Å². The van der Waals surface area contributed by atoms with Gasteiger partial charge in [-0.05, 0) is 30.9 Å². The molecule has 1 saturated carbocycles. The zero-order chi connectivity index (χ0) is 11.2. The Morgan fingerprint density at radius 3 is 2.88 bits per heavy atom. The Balaban J connectivity index is 1.71. The van der Waals surface area contributed by atoms with E-state index in [0.29, 0.717) is 6.61 Å². The summed E-state index contributed by atoms with van der Waals surface area (Å²) in [5, 5.41) is 0. The Bertz CT molecular complexity index is 321. The third-order valence-electron chi connectivity index (χ3n) is 3.17. The summed E-state index contributed by atoms with van der Waals surface area (Å²) in [7, 11) is 0. The van der Waals surface area contributed by atoms with Gasteiger partial charge in [0, 0.05) is 18.5 Å². The number of aromatic nitrogens is 1. The second-order valence-electron chi connectivity index (χ2n) is 4.60. The van der Waals surface area contributed by atoms with Crippen LogP contribution >= 0.6 is 0 Å². The summed E-state index contributed by atoms with van der Waals surface area (Å²) >= 11 is 0. The molecule has 2 N–H and O–H groups in total. The lowest BCUT2D eigenvalue weighted by molar-refractivity contribution is 0.0721. The lowest BCUT2D eigenvalue weighted by Crippen LogP contribution is -2.13. The average molecular weight is 220 g/mol. The highest BCUT2D eigenvalue weighted by atomic mass is 16.5. The highest BCUT2D eigenvalue weighted by Gasteiger charge is 2.13. The molecule has 3 heteroatoms. The van der Waals surface area contributed by atoms with Crippen LogP contribution in [0.3, 0.4) is 0 Å². The van der Waals surface area contributed by atoms with Crippen LogP contribution in [0.4, 0.5) is 5.69 Å². The molecule has 1 aliphatic rings. The molecule has 3 nitrogen and oxygen atoms in total.